The van der Waals surface area contributed by atoms with Crippen molar-refractivity contribution >= 4 is 0 Å². The van der Waals surface area contributed by atoms with E-state index in [2.05, 4.69) is 13.2 Å². The highest BCUT2D eigenvalue weighted by Gasteiger charge is 2.03. The predicted molar refractivity (Wildman–Crippen MR) is 46.0 cm³/mol. The fourth-order valence-corrected chi connectivity index (χ4v) is 1.38. The van der Waals surface area contributed by atoms with Gasteiger partial charge in [0.1, 0.15) is 0 Å². The molecule has 0 nitrogen and oxygen atoms in total. The third kappa shape index (κ3) is 2.02. The van der Waals surface area contributed by atoms with E-state index in [1.54, 1.807) is 0 Å². The summed E-state index contributed by atoms with van der Waals surface area (Å²) in [6.45, 7) is 7.99. The van der Waals surface area contributed by atoms with E-state index in [4.69, 9.17) is 0 Å². The van der Waals surface area contributed by atoms with Crippen molar-refractivity contribution in [3.8, 4) is 0 Å². The topological polar surface area (TPSA) is 0 Å². The molecule has 0 bridgehead atoms. The Bertz CT molecular complexity index is 124. The normalized spacial score (nSPS) is 22.0. The number of rotatable bonds is 0. The summed E-state index contributed by atoms with van der Waals surface area (Å²) in [7, 11) is 0. The minimum Gasteiger partial charge on any atom is -0.0956 e. The van der Waals surface area contributed by atoms with Crippen LogP contribution in [0.1, 0.15) is 38.5 Å². The Morgan fingerprint density at radius 1 is 0.700 bits per heavy atom. The lowest BCUT2D eigenvalue weighted by molar-refractivity contribution is 0.615. The predicted octanol–water partition coefficient (Wildman–Crippen LogP) is 3.45. The van der Waals surface area contributed by atoms with Gasteiger partial charge in [-0.3, -0.25) is 0 Å². The van der Waals surface area contributed by atoms with E-state index >= 15 is 0 Å². The van der Waals surface area contributed by atoms with E-state index in [1.165, 1.54) is 49.7 Å². The van der Waals surface area contributed by atoms with Crippen molar-refractivity contribution in [1.82, 2.24) is 0 Å². The quantitative estimate of drug-likeness (QED) is 0.478. The largest absolute Gasteiger partial charge is 0.0956 e. The highest BCUT2D eigenvalue weighted by atomic mass is 14.1. The summed E-state index contributed by atoms with van der Waals surface area (Å²) < 4.78 is 0. The number of allylic oxidation sites excluding steroid dienone is 2. The van der Waals surface area contributed by atoms with Gasteiger partial charge in [-0.05, 0) is 25.7 Å². The fourth-order valence-electron chi connectivity index (χ4n) is 1.38. The minimum atomic E-state index is 1.18. The van der Waals surface area contributed by atoms with Gasteiger partial charge in [-0.2, -0.15) is 0 Å². The van der Waals surface area contributed by atoms with Gasteiger partial charge in [-0.15, -0.1) is 0 Å². The van der Waals surface area contributed by atoms with Crippen LogP contribution in [-0.2, 0) is 0 Å². The summed E-state index contributed by atoms with van der Waals surface area (Å²) in [5, 5.41) is 0. The molecule has 0 aromatic carbocycles. The van der Waals surface area contributed by atoms with Crippen LogP contribution in [0.5, 0.6) is 0 Å². The van der Waals surface area contributed by atoms with Gasteiger partial charge in [0, 0.05) is 0 Å². The summed E-state index contributed by atoms with van der Waals surface area (Å²) in [5.74, 6) is 0. The lowest BCUT2D eigenvalue weighted by atomic mass is 9.94. The molecule has 56 valence electrons. The Kier molecular flexibility index (Phi) is 2.73. The monoisotopic (exact) mass is 136 g/mol. The average Bonchev–Trinajstić information content (AvgIpc) is 1.92. The van der Waals surface area contributed by atoms with Crippen molar-refractivity contribution in [2.45, 2.75) is 38.5 Å². The molecule has 1 fully saturated rings. The van der Waals surface area contributed by atoms with Gasteiger partial charge in [0.05, 0.1) is 0 Å². The first-order valence-corrected chi connectivity index (χ1v) is 4.16. The van der Waals surface area contributed by atoms with E-state index in [-0.39, 0.29) is 0 Å². The van der Waals surface area contributed by atoms with Crippen LogP contribution in [0.3, 0.4) is 0 Å². The van der Waals surface area contributed by atoms with Crippen LogP contribution in [0.4, 0.5) is 0 Å². The molecule has 0 amide bonds. The van der Waals surface area contributed by atoms with Crippen LogP contribution in [0.15, 0.2) is 24.3 Å². The molecule has 1 rings (SSSR count). The zero-order valence-electron chi connectivity index (χ0n) is 6.66. The summed E-state index contributed by atoms with van der Waals surface area (Å²) in [6, 6.07) is 0. The number of hydrogen-bond acceptors (Lipinski definition) is 0. The Labute approximate surface area is 63.6 Å². The summed E-state index contributed by atoms with van der Waals surface area (Å²) in [4.78, 5) is 0. The maximum Gasteiger partial charge on any atom is -0.0282 e. The second-order valence-corrected chi connectivity index (χ2v) is 3.12. The van der Waals surface area contributed by atoms with Gasteiger partial charge in [0.2, 0.25) is 0 Å². The minimum absolute atomic E-state index is 1.18. The first-order valence-electron chi connectivity index (χ1n) is 4.16. The van der Waals surface area contributed by atoms with Crippen molar-refractivity contribution in [1.29, 1.82) is 0 Å². The molecular weight excluding hydrogens is 120 g/mol. The van der Waals surface area contributed by atoms with Crippen LogP contribution in [0.25, 0.3) is 0 Å². The average molecular weight is 136 g/mol. The molecule has 10 heavy (non-hydrogen) atoms. The van der Waals surface area contributed by atoms with Crippen molar-refractivity contribution in [3.63, 3.8) is 0 Å². The molecular formula is C10H16. The van der Waals surface area contributed by atoms with Gasteiger partial charge in [-0.25, -0.2) is 0 Å². The zero-order chi connectivity index (χ0) is 7.40. The van der Waals surface area contributed by atoms with Crippen molar-refractivity contribution in [2.75, 3.05) is 0 Å². The van der Waals surface area contributed by atoms with Gasteiger partial charge >= 0.3 is 0 Å². The third-order valence-electron chi connectivity index (χ3n) is 2.21. The van der Waals surface area contributed by atoms with Gasteiger partial charge in [0.25, 0.3) is 0 Å². The molecule has 0 heteroatoms. The Balaban J connectivity index is 2.43. The second kappa shape index (κ2) is 3.60. The zero-order valence-corrected chi connectivity index (χ0v) is 6.66. The van der Waals surface area contributed by atoms with Crippen molar-refractivity contribution in [2.24, 2.45) is 0 Å². The van der Waals surface area contributed by atoms with Crippen LogP contribution >= 0.6 is 0 Å². The number of hydrogen-bond donors (Lipinski definition) is 0. The van der Waals surface area contributed by atoms with Crippen LogP contribution < -0.4 is 0 Å². The highest BCUT2D eigenvalue weighted by Crippen LogP contribution is 2.23. The summed E-state index contributed by atoms with van der Waals surface area (Å²) >= 11 is 0. The fraction of sp³-hybridized carbons (Fsp3) is 0.600. The SMILES string of the molecule is C=C1CCCCCCC1=C. The molecule has 0 aromatic heterocycles. The van der Waals surface area contributed by atoms with E-state index in [0.717, 1.165) is 0 Å². The Morgan fingerprint density at radius 3 is 1.50 bits per heavy atom. The molecule has 0 unspecified atom stereocenters. The summed E-state index contributed by atoms with van der Waals surface area (Å²) in [6.07, 6.45) is 7.76. The van der Waals surface area contributed by atoms with Crippen molar-refractivity contribution < 1.29 is 0 Å². The third-order valence-corrected chi connectivity index (χ3v) is 2.21. The van der Waals surface area contributed by atoms with Gasteiger partial charge in [-0.1, -0.05) is 37.1 Å². The molecule has 0 radical (unpaired) electrons. The second-order valence-electron chi connectivity index (χ2n) is 3.12. The molecule has 0 aliphatic heterocycles. The molecule has 0 heterocycles. The molecule has 1 aliphatic rings. The van der Waals surface area contributed by atoms with Gasteiger partial charge in [0.15, 0.2) is 0 Å². The first kappa shape index (κ1) is 7.59. The van der Waals surface area contributed by atoms with Crippen molar-refractivity contribution in [3.05, 3.63) is 24.3 Å². The van der Waals surface area contributed by atoms with Crippen LogP contribution in [-0.4, -0.2) is 0 Å². The maximum atomic E-state index is 4.00. The molecule has 0 saturated heterocycles. The van der Waals surface area contributed by atoms with Gasteiger partial charge < -0.3 is 0 Å². The Morgan fingerprint density at radius 2 is 1.10 bits per heavy atom. The Hall–Kier alpha value is -0.520. The van der Waals surface area contributed by atoms with E-state index in [1.807, 2.05) is 0 Å². The van der Waals surface area contributed by atoms with E-state index in [9.17, 15) is 0 Å². The lowest BCUT2D eigenvalue weighted by Gasteiger charge is -2.12. The molecule has 1 aliphatic carbocycles. The lowest BCUT2D eigenvalue weighted by Crippen LogP contribution is -1.92. The molecule has 1 saturated carbocycles. The smallest absolute Gasteiger partial charge is 0.0282 e. The maximum absolute atomic E-state index is 4.00. The van der Waals surface area contributed by atoms with Crippen LogP contribution in [0, 0.1) is 0 Å². The molecule has 0 aromatic rings. The first-order chi connectivity index (χ1) is 4.80. The molecule has 0 N–H and O–H groups in total. The highest BCUT2D eigenvalue weighted by molar-refractivity contribution is 5.25. The summed E-state index contributed by atoms with van der Waals surface area (Å²) in [5.41, 5.74) is 2.58. The molecule has 0 atom stereocenters. The van der Waals surface area contributed by atoms with Crippen LogP contribution in [0.2, 0.25) is 0 Å². The van der Waals surface area contributed by atoms with E-state index < -0.39 is 0 Å². The standard InChI is InChI=1S/C10H16/c1-9-7-5-3-4-6-8-10(9)2/h1-8H2. The molecule has 0 spiro atoms. The van der Waals surface area contributed by atoms with E-state index in [0.29, 0.717) is 0 Å².